The van der Waals surface area contributed by atoms with Gasteiger partial charge in [0.2, 0.25) is 0 Å². The lowest BCUT2D eigenvalue weighted by atomic mass is 10.2. The smallest absolute Gasteiger partial charge is 0.272 e. The Labute approximate surface area is 117 Å². The first-order valence-corrected chi connectivity index (χ1v) is 5.70. The molecule has 0 amide bonds. The molecule has 2 aromatic carbocycles. The highest BCUT2D eigenvalue weighted by Gasteiger charge is 2.14. The van der Waals surface area contributed by atoms with Crippen LogP contribution in [0.1, 0.15) is 5.56 Å². The molecule has 0 atom stereocenters. The van der Waals surface area contributed by atoms with Crippen molar-refractivity contribution >= 4 is 17.3 Å². The molecule has 0 aromatic heterocycles. The summed E-state index contributed by atoms with van der Waals surface area (Å²) < 4.78 is 18.9. The maximum Gasteiger partial charge on any atom is 0.272 e. The van der Waals surface area contributed by atoms with Gasteiger partial charge in [0.05, 0.1) is 16.6 Å². The maximum atomic E-state index is 13.7. The number of nitro groups is 1. The van der Waals surface area contributed by atoms with Gasteiger partial charge in [-0.2, -0.15) is 5.26 Å². The van der Waals surface area contributed by atoms with Crippen molar-refractivity contribution in [1.29, 1.82) is 5.26 Å². The first kappa shape index (κ1) is 13.8. The molecule has 5 nitrogen and oxygen atoms in total. The lowest BCUT2D eigenvalue weighted by molar-refractivity contribution is -0.385. The summed E-state index contributed by atoms with van der Waals surface area (Å²) in [7, 11) is 0. The predicted octanol–water partition coefficient (Wildman–Crippen LogP) is 4.05. The van der Waals surface area contributed by atoms with Crippen molar-refractivity contribution in [2.75, 3.05) is 0 Å². The first-order valence-electron chi connectivity index (χ1n) is 5.32. The summed E-state index contributed by atoms with van der Waals surface area (Å²) in [6.07, 6.45) is 0. The molecule has 7 heteroatoms. The standard InChI is InChI=1S/C13H6ClFN2O3/c14-9-2-1-8(7-16)13(5-9)20-12-4-3-10(17(18)19)6-11(12)15/h1-6H. The quantitative estimate of drug-likeness (QED) is 0.631. The van der Waals surface area contributed by atoms with Crippen LogP contribution in [0.25, 0.3) is 0 Å². The molecule has 20 heavy (non-hydrogen) atoms. The Morgan fingerprint density at radius 2 is 2.00 bits per heavy atom. The van der Waals surface area contributed by atoms with Gasteiger partial charge in [0.1, 0.15) is 11.8 Å². The number of ether oxygens (including phenoxy) is 1. The van der Waals surface area contributed by atoms with Crippen LogP contribution in [0.5, 0.6) is 11.5 Å². The van der Waals surface area contributed by atoms with Crippen LogP contribution in [0.4, 0.5) is 10.1 Å². The fourth-order valence-corrected chi connectivity index (χ4v) is 1.64. The Morgan fingerprint density at radius 1 is 1.25 bits per heavy atom. The van der Waals surface area contributed by atoms with Gasteiger partial charge in [0.25, 0.3) is 5.69 Å². The van der Waals surface area contributed by atoms with E-state index in [1.54, 1.807) is 0 Å². The van der Waals surface area contributed by atoms with Gasteiger partial charge in [-0.3, -0.25) is 10.1 Å². The average Bonchev–Trinajstić information content (AvgIpc) is 2.41. The van der Waals surface area contributed by atoms with Crippen LogP contribution in [0.2, 0.25) is 5.02 Å². The molecule has 0 bridgehead atoms. The number of hydrogen-bond donors (Lipinski definition) is 0. The van der Waals surface area contributed by atoms with E-state index in [0.717, 1.165) is 18.2 Å². The van der Waals surface area contributed by atoms with Gasteiger partial charge in [-0.15, -0.1) is 0 Å². The molecule has 0 N–H and O–H groups in total. The molecule has 0 unspecified atom stereocenters. The summed E-state index contributed by atoms with van der Waals surface area (Å²) >= 11 is 5.77. The zero-order valence-electron chi connectivity index (χ0n) is 9.84. The van der Waals surface area contributed by atoms with Crippen molar-refractivity contribution < 1.29 is 14.1 Å². The number of benzene rings is 2. The lowest BCUT2D eigenvalue weighted by Crippen LogP contribution is -1.94. The van der Waals surface area contributed by atoms with Gasteiger partial charge in [-0.05, 0) is 18.2 Å². The average molecular weight is 293 g/mol. The molecular weight excluding hydrogens is 287 g/mol. The summed E-state index contributed by atoms with van der Waals surface area (Å²) in [4.78, 5) is 9.79. The van der Waals surface area contributed by atoms with E-state index in [0.29, 0.717) is 5.02 Å². The minimum Gasteiger partial charge on any atom is -0.453 e. The molecule has 2 aromatic rings. The van der Waals surface area contributed by atoms with Gasteiger partial charge in [0, 0.05) is 17.2 Å². The third-order valence-corrected chi connectivity index (χ3v) is 2.65. The highest BCUT2D eigenvalue weighted by molar-refractivity contribution is 6.30. The second-order valence-corrected chi connectivity index (χ2v) is 4.16. The molecule has 0 aliphatic heterocycles. The normalized spacial score (nSPS) is 9.85. The molecule has 0 heterocycles. The lowest BCUT2D eigenvalue weighted by Gasteiger charge is -2.08. The molecule has 2 rings (SSSR count). The van der Waals surface area contributed by atoms with E-state index in [2.05, 4.69) is 0 Å². The van der Waals surface area contributed by atoms with E-state index in [9.17, 15) is 14.5 Å². The molecule has 100 valence electrons. The molecule has 0 radical (unpaired) electrons. The number of non-ortho nitro benzene ring substituents is 1. The van der Waals surface area contributed by atoms with Crippen LogP contribution in [0, 0.1) is 27.3 Å². The van der Waals surface area contributed by atoms with Crippen LogP contribution in [-0.2, 0) is 0 Å². The number of nitriles is 1. The predicted molar refractivity (Wildman–Crippen MR) is 69.3 cm³/mol. The monoisotopic (exact) mass is 292 g/mol. The van der Waals surface area contributed by atoms with Gasteiger partial charge in [-0.1, -0.05) is 11.6 Å². The molecule has 0 aliphatic carbocycles. The van der Waals surface area contributed by atoms with Gasteiger partial charge in [-0.25, -0.2) is 4.39 Å². The summed E-state index contributed by atoms with van der Waals surface area (Å²) in [5.41, 5.74) is -0.214. The van der Waals surface area contributed by atoms with Crippen molar-refractivity contribution in [1.82, 2.24) is 0 Å². The van der Waals surface area contributed by atoms with Crippen molar-refractivity contribution in [3.63, 3.8) is 0 Å². The van der Waals surface area contributed by atoms with E-state index < -0.39 is 10.7 Å². The number of nitrogens with zero attached hydrogens (tertiary/aromatic N) is 2. The molecule has 0 saturated heterocycles. The second kappa shape index (κ2) is 5.55. The van der Waals surface area contributed by atoms with E-state index in [4.69, 9.17) is 21.6 Å². The number of rotatable bonds is 3. The Hall–Kier alpha value is -2.65. The van der Waals surface area contributed by atoms with E-state index in [1.165, 1.54) is 18.2 Å². The Bertz CT molecular complexity index is 728. The topological polar surface area (TPSA) is 76.2 Å². The van der Waals surface area contributed by atoms with Crippen LogP contribution in [0.3, 0.4) is 0 Å². The minimum atomic E-state index is -0.900. The molecular formula is C13H6ClFN2O3. The summed E-state index contributed by atoms with van der Waals surface area (Å²) in [6, 6.07) is 9.14. The maximum absolute atomic E-state index is 13.7. The molecule has 0 saturated carbocycles. The van der Waals surface area contributed by atoms with Crippen molar-refractivity contribution in [2.24, 2.45) is 0 Å². The summed E-state index contributed by atoms with van der Waals surface area (Å²) in [6.45, 7) is 0. The first-order chi connectivity index (χ1) is 9.51. The Kier molecular flexibility index (Phi) is 3.82. The Balaban J connectivity index is 2.38. The van der Waals surface area contributed by atoms with Gasteiger partial charge in [0.15, 0.2) is 11.6 Å². The number of halogens is 2. The minimum absolute atomic E-state index is 0.0766. The number of nitro benzene ring substituents is 1. The van der Waals surface area contributed by atoms with Crippen LogP contribution in [-0.4, -0.2) is 4.92 Å². The van der Waals surface area contributed by atoms with Crippen molar-refractivity contribution in [2.45, 2.75) is 0 Å². The highest BCUT2D eigenvalue weighted by Crippen LogP contribution is 2.31. The molecule has 0 fully saturated rings. The summed E-state index contributed by atoms with van der Waals surface area (Å²) in [5, 5.41) is 19.7. The van der Waals surface area contributed by atoms with Crippen molar-refractivity contribution in [3.8, 4) is 17.6 Å². The summed E-state index contributed by atoms with van der Waals surface area (Å²) in [5.74, 6) is -1.05. The zero-order valence-corrected chi connectivity index (χ0v) is 10.6. The zero-order chi connectivity index (χ0) is 14.7. The van der Waals surface area contributed by atoms with Crippen LogP contribution in [0.15, 0.2) is 36.4 Å². The fourth-order valence-electron chi connectivity index (χ4n) is 1.48. The Morgan fingerprint density at radius 3 is 2.60 bits per heavy atom. The van der Waals surface area contributed by atoms with Crippen molar-refractivity contribution in [3.05, 3.63) is 62.9 Å². The third kappa shape index (κ3) is 2.84. The molecule has 0 aliphatic rings. The van der Waals surface area contributed by atoms with Gasteiger partial charge >= 0.3 is 0 Å². The van der Waals surface area contributed by atoms with E-state index in [1.807, 2.05) is 6.07 Å². The van der Waals surface area contributed by atoms with Gasteiger partial charge < -0.3 is 4.74 Å². The van der Waals surface area contributed by atoms with Crippen LogP contribution < -0.4 is 4.74 Å². The van der Waals surface area contributed by atoms with E-state index in [-0.39, 0.29) is 22.7 Å². The molecule has 0 spiro atoms. The van der Waals surface area contributed by atoms with E-state index >= 15 is 0 Å². The SMILES string of the molecule is N#Cc1ccc(Cl)cc1Oc1ccc([N+](=O)[O-])cc1F. The number of hydrogen-bond acceptors (Lipinski definition) is 4. The second-order valence-electron chi connectivity index (χ2n) is 3.73. The largest absolute Gasteiger partial charge is 0.453 e. The highest BCUT2D eigenvalue weighted by atomic mass is 35.5. The third-order valence-electron chi connectivity index (χ3n) is 2.41. The fraction of sp³-hybridized carbons (Fsp3) is 0. The van der Waals surface area contributed by atoms with Crippen LogP contribution >= 0.6 is 11.6 Å².